The molecular formula is C15H22ClFN2O. The van der Waals surface area contributed by atoms with Crippen molar-refractivity contribution in [3.05, 3.63) is 35.1 Å². The molecule has 1 aromatic carbocycles. The SMILES string of the molecule is CCC(C)C(N)C(=O)N1CCc2cc(F)ccc2C1.Cl. The highest BCUT2D eigenvalue weighted by molar-refractivity contribution is 5.85. The molecule has 2 N–H and O–H groups in total. The quantitative estimate of drug-likeness (QED) is 0.932. The van der Waals surface area contributed by atoms with E-state index < -0.39 is 6.04 Å². The summed E-state index contributed by atoms with van der Waals surface area (Å²) in [4.78, 5) is 14.1. The first-order chi connectivity index (χ1) is 9.02. The molecule has 2 rings (SSSR count). The number of nitrogens with zero attached hydrogens (tertiary/aromatic N) is 1. The average molecular weight is 301 g/mol. The molecule has 1 aliphatic rings. The van der Waals surface area contributed by atoms with E-state index in [4.69, 9.17) is 5.73 Å². The zero-order valence-electron chi connectivity index (χ0n) is 11.9. The summed E-state index contributed by atoms with van der Waals surface area (Å²) in [7, 11) is 0. The number of carbonyl (C=O) groups is 1. The van der Waals surface area contributed by atoms with Crippen molar-refractivity contribution < 1.29 is 9.18 Å². The Balaban J connectivity index is 0.00000200. The van der Waals surface area contributed by atoms with Crippen LogP contribution in [-0.4, -0.2) is 23.4 Å². The summed E-state index contributed by atoms with van der Waals surface area (Å²) < 4.78 is 13.1. The fourth-order valence-electron chi connectivity index (χ4n) is 2.42. The van der Waals surface area contributed by atoms with Crippen LogP contribution < -0.4 is 5.73 Å². The van der Waals surface area contributed by atoms with Crippen molar-refractivity contribution >= 4 is 18.3 Å². The van der Waals surface area contributed by atoms with E-state index in [1.165, 1.54) is 6.07 Å². The maximum Gasteiger partial charge on any atom is 0.240 e. The number of benzene rings is 1. The second-order valence-corrected chi connectivity index (χ2v) is 5.33. The summed E-state index contributed by atoms with van der Waals surface area (Å²) in [5.74, 6) is -0.0266. The molecule has 1 aromatic rings. The molecule has 0 aromatic heterocycles. The summed E-state index contributed by atoms with van der Waals surface area (Å²) in [6.45, 7) is 5.19. The largest absolute Gasteiger partial charge is 0.337 e. The number of halogens is 2. The van der Waals surface area contributed by atoms with Crippen molar-refractivity contribution in [3.8, 4) is 0 Å². The number of nitrogens with two attached hydrogens (primary N) is 1. The van der Waals surface area contributed by atoms with Gasteiger partial charge in [0.2, 0.25) is 5.91 Å². The summed E-state index contributed by atoms with van der Waals surface area (Å²) in [6.07, 6.45) is 1.59. The van der Waals surface area contributed by atoms with Gasteiger partial charge in [0.15, 0.2) is 0 Å². The minimum Gasteiger partial charge on any atom is -0.337 e. The van der Waals surface area contributed by atoms with Crippen LogP contribution >= 0.6 is 12.4 Å². The third kappa shape index (κ3) is 3.49. The van der Waals surface area contributed by atoms with Crippen LogP contribution in [-0.2, 0) is 17.8 Å². The first-order valence-corrected chi connectivity index (χ1v) is 6.84. The van der Waals surface area contributed by atoms with Crippen LogP contribution in [0, 0.1) is 11.7 Å². The number of carbonyl (C=O) groups excluding carboxylic acids is 1. The molecule has 5 heteroatoms. The number of fused-ring (bicyclic) bond motifs is 1. The monoisotopic (exact) mass is 300 g/mol. The van der Waals surface area contributed by atoms with Crippen molar-refractivity contribution in [1.82, 2.24) is 4.90 Å². The van der Waals surface area contributed by atoms with Gasteiger partial charge in [-0.3, -0.25) is 4.79 Å². The van der Waals surface area contributed by atoms with Gasteiger partial charge in [0.1, 0.15) is 5.82 Å². The molecule has 112 valence electrons. The predicted octanol–water partition coefficient (Wildman–Crippen LogP) is 2.51. The molecule has 1 heterocycles. The van der Waals surface area contributed by atoms with Crippen molar-refractivity contribution in [2.75, 3.05) is 6.54 Å². The standard InChI is InChI=1S/C15H21FN2O.ClH/c1-3-10(2)14(17)15(19)18-7-6-11-8-13(16)5-4-12(11)9-18;/h4-5,8,10,14H,3,6-7,9,17H2,1-2H3;1H. The van der Waals surface area contributed by atoms with E-state index in [2.05, 4.69) is 0 Å². The lowest BCUT2D eigenvalue weighted by atomic mass is 9.95. The van der Waals surface area contributed by atoms with Crippen LogP contribution in [0.1, 0.15) is 31.4 Å². The van der Waals surface area contributed by atoms with Crippen molar-refractivity contribution in [1.29, 1.82) is 0 Å². The van der Waals surface area contributed by atoms with Gasteiger partial charge in [-0.2, -0.15) is 0 Å². The van der Waals surface area contributed by atoms with Gasteiger partial charge in [-0.25, -0.2) is 4.39 Å². The van der Waals surface area contributed by atoms with Gasteiger partial charge in [0.05, 0.1) is 6.04 Å². The van der Waals surface area contributed by atoms with Crippen LogP contribution in [0.4, 0.5) is 4.39 Å². The minimum absolute atomic E-state index is 0. The summed E-state index contributed by atoms with van der Waals surface area (Å²) in [5.41, 5.74) is 8.02. The molecule has 0 saturated carbocycles. The number of hydrogen-bond donors (Lipinski definition) is 1. The normalized spacial score (nSPS) is 16.9. The fraction of sp³-hybridized carbons (Fsp3) is 0.533. The molecule has 2 unspecified atom stereocenters. The smallest absolute Gasteiger partial charge is 0.240 e. The molecule has 1 amide bonds. The van der Waals surface area contributed by atoms with Crippen molar-refractivity contribution in [2.45, 2.75) is 39.3 Å². The maximum atomic E-state index is 13.1. The van der Waals surface area contributed by atoms with Gasteiger partial charge in [-0.1, -0.05) is 26.3 Å². The number of amides is 1. The Kier molecular flexibility index (Phi) is 5.96. The maximum absolute atomic E-state index is 13.1. The summed E-state index contributed by atoms with van der Waals surface area (Å²) in [5, 5.41) is 0. The second-order valence-electron chi connectivity index (χ2n) is 5.33. The molecule has 1 aliphatic heterocycles. The highest BCUT2D eigenvalue weighted by Gasteiger charge is 2.27. The van der Waals surface area contributed by atoms with Crippen LogP contribution in [0.3, 0.4) is 0 Å². The summed E-state index contributed by atoms with van der Waals surface area (Å²) in [6, 6.07) is 4.33. The van der Waals surface area contributed by atoms with Crippen molar-refractivity contribution in [2.24, 2.45) is 11.7 Å². The van der Waals surface area contributed by atoms with Crippen LogP contribution in [0.25, 0.3) is 0 Å². The first-order valence-electron chi connectivity index (χ1n) is 6.84. The molecule has 0 radical (unpaired) electrons. The summed E-state index contributed by atoms with van der Waals surface area (Å²) >= 11 is 0. The lowest BCUT2D eigenvalue weighted by Gasteiger charge is -2.32. The van der Waals surface area contributed by atoms with Gasteiger partial charge in [-0.05, 0) is 35.6 Å². The van der Waals surface area contributed by atoms with Gasteiger partial charge in [0, 0.05) is 13.1 Å². The third-order valence-corrected chi connectivity index (χ3v) is 4.03. The molecule has 2 atom stereocenters. The van der Waals surface area contributed by atoms with Gasteiger partial charge < -0.3 is 10.6 Å². The van der Waals surface area contributed by atoms with Gasteiger partial charge in [-0.15, -0.1) is 12.4 Å². The van der Waals surface area contributed by atoms with E-state index in [-0.39, 0.29) is 30.0 Å². The van der Waals surface area contributed by atoms with E-state index in [9.17, 15) is 9.18 Å². The Hall–Kier alpha value is -1.13. The van der Waals surface area contributed by atoms with E-state index >= 15 is 0 Å². The zero-order chi connectivity index (χ0) is 14.0. The molecule has 3 nitrogen and oxygen atoms in total. The second kappa shape index (κ2) is 7.04. The lowest BCUT2D eigenvalue weighted by Crippen LogP contribution is -2.48. The van der Waals surface area contributed by atoms with Gasteiger partial charge in [0.25, 0.3) is 0 Å². The van der Waals surface area contributed by atoms with Gasteiger partial charge >= 0.3 is 0 Å². The molecule has 0 bridgehead atoms. The van der Waals surface area contributed by atoms with E-state index in [0.29, 0.717) is 19.5 Å². The fourth-order valence-corrected chi connectivity index (χ4v) is 2.42. The van der Waals surface area contributed by atoms with E-state index in [1.807, 2.05) is 13.8 Å². The Morgan fingerprint density at radius 3 is 2.80 bits per heavy atom. The molecule has 0 saturated heterocycles. The first kappa shape index (κ1) is 16.9. The Labute approximate surface area is 125 Å². The number of hydrogen-bond acceptors (Lipinski definition) is 2. The Morgan fingerprint density at radius 2 is 2.15 bits per heavy atom. The Morgan fingerprint density at radius 1 is 1.45 bits per heavy atom. The Bertz CT molecular complexity index is 481. The van der Waals surface area contributed by atoms with Crippen LogP contribution in [0.15, 0.2) is 18.2 Å². The average Bonchev–Trinajstić information content (AvgIpc) is 2.44. The molecule has 0 spiro atoms. The molecule has 0 fully saturated rings. The third-order valence-electron chi connectivity index (χ3n) is 4.03. The molecular weight excluding hydrogens is 279 g/mol. The zero-order valence-corrected chi connectivity index (χ0v) is 12.8. The molecule has 0 aliphatic carbocycles. The predicted molar refractivity (Wildman–Crippen MR) is 80.2 cm³/mol. The topological polar surface area (TPSA) is 46.3 Å². The highest BCUT2D eigenvalue weighted by atomic mass is 35.5. The van der Waals surface area contributed by atoms with Crippen LogP contribution in [0.5, 0.6) is 0 Å². The van der Waals surface area contributed by atoms with Crippen molar-refractivity contribution in [3.63, 3.8) is 0 Å². The van der Waals surface area contributed by atoms with E-state index in [1.54, 1.807) is 17.0 Å². The number of rotatable bonds is 3. The lowest BCUT2D eigenvalue weighted by molar-refractivity contribution is -0.134. The van der Waals surface area contributed by atoms with E-state index in [0.717, 1.165) is 17.5 Å². The molecule has 20 heavy (non-hydrogen) atoms. The minimum atomic E-state index is -0.438. The van der Waals surface area contributed by atoms with Crippen LogP contribution in [0.2, 0.25) is 0 Å². The highest BCUT2D eigenvalue weighted by Crippen LogP contribution is 2.21.